The standard InChI is InChI=1S/C16H21FN2O3/c1-11(22-15-7-3-5-13(17)9-15)16(21)19-8-4-6-14(10-19)18-12(2)20/h3,5,7,9,11,14H,4,6,8,10H2,1-2H3,(H,18,20). The summed E-state index contributed by atoms with van der Waals surface area (Å²) in [6.45, 7) is 4.24. The van der Waals surface area contributed by atoms with Crippen molar-refractivity contribution in [3.63, 3.8) is 0 Å². The Kier molecular flexibility index (Phi) is 5.35. The molecule has 2 atom stereocenters. The first-order valence-electron chi connectivity index (χ1n) is 7.44. The maximum Gasteiger partial charge on any atom is 0.263 e. The van der Waals surface area contributed by atoms with E-state index in [-0.39, 0.29) is 17.9 Å². The van der Waals surface area contributed by atoms with Crippen LogP contribution in [0.25, 0.3) is 0 Å². The first-order chi connectivity index (χ1) is 10.5. The van der Waals surface area contributed by atoms with E-state index in [1.165, 1.54) is 25.1 Å². The van der Waals surface area contributed by atoms with Gasteiger partial charge in [-0.05, 0) is 31.9 Å². The SMILES string of the molecule is CC(=O)NC1CCCN(C(=O)C(C)Oc2cccc(F)c2)C1. The third kappa shape index (κ3) is 4.44. The molecule has 1 aromatic rings. The molecule has 1 aliphatic rings. The number of benzene rings is 1. The smallest absolute Gasteiger partial charge is 0.263 e. The van der Waals surface area contributed by atoms with Crippen LogP contribution in [-0.4, -0.2) is 41.9 Å². The number of hydrogen-bond acceptors (Lipinski definition) is 3. The second kappa shape index (κ2) is 7.24. The van der Waals surface area contributed by atoms with Crippen molar-refractivity contribution in [2.75, 3.05) is 13.1 Å². The van der Waals surface area contributed by atoms with Gasteiger partial charge in [-0.15, -0.1) is 0 Å². The summed E-state index contributed by atoms with van der Waals surface area (Å²) in [5, 5.41) is 2.84. The summed E-state index contributed by atoms with van der Waals surface area (Å²) < 4.78 is 18.6. The zero-order valence-electron chi connectivity index (χ0n) is 12.8. The van der Waals surface area contributed by atoms with Gasteiger partial charge in [0.15, 0.2) is 6.10 Å². The highest BCUT2D eigenvalue weighted by Gasteiger charge is 2.28. The molecule has 0 aromatic heterocycles. The average Bonchev–Trinajstić information content (AvgIpc) is 2.46. The topological polar surface area (TPSA) is 58.6 Å². The Morgan fingerprint density at radius 3 is 2.91 bits per heavy atom. The first kappa shape index (κ1) is 16.3. The van der Waals surface area contributed by atoms with Crippen LogP contribution in [0.5, 0.6) is 5.75 Å². The van der Waals surface area contributed by atoms with E-state index >= 15 is 0 Å². The summed E-state index contributed by atoms with van der Waals surface area (Å²) in [7, 11) is 0. The molecule has 1 aliphatic heterocycles. The minimum absolute atomic E-state index is 0.0171. The lowest BCUT2D eigenvalue weighted by Crippen LogP contribution is -2.52. The van der Waals surface area contributed by atoms with E-state index in [0.29, 0.717) is 18.8 Å². The quantitative estimate of drug-likeness (QED) is 0.921. The lowest BCUT2D eigenvalue weighted by Gasteiger charge is -2.34. The van der Waals surface area contributed by atoms with Gasteiger partial charge >= 0.3 is 0 Å². The zero-order valence-corrected chi connectivity index (χ0v) is 12.8. The Labute approximate surface area is 129 Å². The molecule has 1 fully saturated rings. The highest BCUT2D eigenvalue weighted by molar-refractivity contribution is 5.81. The largest absolute Gasteiger partial charge is 0.481 e. The number of carbonyl (C=O) groups excluding carboxylic acids is 2. The van der Waals surface area contributed by atoms with Gasteiger partial charge < -0.3 is 15.0 Å². The first-order valence-corrected chi connectivity index (χ1v) is 7.44. The number of amides is 2. The third-order valence-corrected chi connectivity index (χ3v) is 3.60. The molecule has 2 amide bonds. The van der Waals surface area contributed by atoms with Crippen LogP contribution in [0.2, 0.25) is 0 Å². The number of hydrogen-bond donors (Lipinski definition) is 1. The number of carbonyl (C=O) groups is 2. The highest BCUT2D eigenvalue weighted by atomic mass is 19.1. The third-order valence-electron chi connectivity index (χ3n) is 3.60. The fraction of sp³-hybridized carbons (Fsp3) is 0.500. The molecule has 2 rings (SSSR count). The van der Waals surface area contributed by atoms with Gasteiger partial charge in [0.25, 0.3) is 5.91 Å². The van der Waals surface area contributed by atoms with E-state index in [9.17, 15) is 14.0 Å². The van der Waals surface area contributed by atoms with Gasteiger partial charge in [-0.1, -0.05) is 6.07 Å². The van der Waals surface area contributed by atoms with Crippen LogP contribution in [0.3, 0.4) is 0 Å². The highest BCUT2D eigenvalue weighted by Crippen LogP contribution is 2.16. The molecule has 0 saturated carbocycles. The predicted molar refractivity (Wildman–Crippen MR) is 79.9 cm³/mol. The normalized spacial score (nSPS) is 19.4. The summed E-state index contributed by atoms with van der Waals surface area (Å²) in [6.07, 6.45) is 1.00. The van der Waals surface area contributed by atoms with E-state index < -0.39 is 11.9 Å². The molecular weight excluding hydrogens is 287 g/mol. The maximum atomic E-state index is 13.1. The lowest BCUT2D eigenvalue weighted by molar-refractivity contribution is -0.139. The van der Waals surface area contributed by atoms with E-state index in [2.05, 4.69) is 5.32 Å². The molecule has 0 bridgehead atoms. The van der Waals surface area contributed by atoms with Crippen LogP contribution in [0, 0.1) is 5.82 Å². The second-order valence-electron chi connectivity index (χ2n) is 5.54. The van der Waals surface area contributed by atoms with Gasteiger partial charge in [-0.3, -0.25) is 9.59 Å². The molecule has 5 nitrogen and oxygen atoms in total. The van der Waals surface area contributed by atoms with Gasteiger partial charge in [0.1, 0.15) is 11.6 Å². The number of halogens is 1. The number of piperidine rings is 1. The van der Waals surface area contributed by atoms with Crippen molar-refractivity contribution in [2.45, 2.75) is 38.8 Å². The van der Waals surface area contributed by atoms with Gasteiger partial charge in [0.2, 0.25) is 5.91 Å². The van der Waals surface area contributed by atoms with Crippen LogP contribution in [0.1, 0.15) is 26.7 Å². The molecule has 1 N–H and O–H groups in total. The van der Waals surface area contributed by atoms with E-state index in [1.807, 2.05) is 0 Å². The Hall–Kier alpha value is -2.11. The second-order valence-corrected chi connectivity index (χ2v) is 5.54. The number of rotatable bonds is 4. The number of likely N-dealkylation sites (tertiary alicyclic amines) is 1. The molecule has 1 heterocycles. The van der Waals surface area contributed by atoms with Crippen LogP contribution >= 0.6 is 0 Å². The summed E-state index contributed by atoms with van der Waals surface area (Å²) in [6, 6.07) is 5.71. The number of nitrogens with one attached hydrogen (secondary N) is 1. The fourth-order valence-corrected chi connectivity index (χ4v) is 2.63. The summed E-state index contributed by atoms with van der Waals surface area (Å²) >= 11 is 0. The Bertz CT molecular complexity index is 550. The Balaban J connectivity index is 1.93. The monoisotopic (exact) mass is 308 g/mol. The number of nitrogens with zero attached hydrogens (tertiary/aromatic N) is 1. The van der Waals surface area contributed by atoms with Gasteiger partial charge in [0.05, 0.1) is 0 Å². The minimum atomic E-state index is -0.696. The van der Waals surface area contributed by atoms with Crippen molar-refractivity contribution in [2.24, 2.45) is 0 Å². The predicted octanol–water partition coefficient (Wildman–Crippen LogP) is 1.72. The zero-order chi connectivity index (χ0) is 16.1. The summed E-state index contributed by atoms with van der Waals surface area (Å²) in [5.41, 5.74) is 0. The molecular formula is C16H21FN2O3. The maximum absolute atomic E-state index is 13.1. The van der Waals surface area contributed by atoms with E-state index in [4.69, 9.17) is 4.74 Å². The molecule has 6 heteroatoms. The molecule has 2 unspecified atom stereocenters. The fourth-order valence-electron chi connectivity index (χ4n) is 2.63. The van der Waals surface area contributed by atoms with Crippen molar-refractivity contribution >= 4 is 11.8 Å². The van der Waals surface area contributed by atoms with Crippen molar-refractivity contribution < 1.29 is 18.7 Å². The Morgan fingerprint density at radius 2 is 2.23 bits per heavy atom. The molecule has 0 radical (unpaired) electrons. The summed E-state index contributed by atoms with van der Waals surface area (Å²) in [5.74, 6) is -0.320. The van der Waals surface area contributed by atoms with Crippen LogP contribution in [0.4, 0.5) is 4.39 Å². The molecule has 120 valence electrons. The molecule has 22 heavy (non-hydrogen) atoms. The van der Waals surface area contributed by atoms with Crippen LogP contribution in [-0.2, 0) is 9.59 Å². The minimum Gasteiger partial charge on any atom is -0.481 e. The van der Waals surface area contributed by atoms with E-state index in [1.54, 1.807) is 17.9 Å². The summed E-state index contributed by atoms with van der Waals surface area (Å²) in [4.78, 5) is 25.2. The van der Waals surface area contributed by atoms with Gasteiger partial charge in [0, 0.05) is 32.1 Å². The molecule has 0 aliphatic carbocycles. The van der Waals surface area contributed by atoms with Crippen LogP contribution in [0.15, 0.2) is 24.3 Å². The van der Waals surface area contributed by atoms with Crippen molar-refractivity contribution in [1.82, 2.24) is 10.2 Å². The van der Waals surface area contributed by atoms with Crippen molar-refractivity contribution in [1.29, 1.82) is 0 Å². The van der Waals surface area contributed by atoms with Crippen LogP contribution < -0.4 is 10.1 Å². The van der Waals surface area contributed by atoms with Gasteiger partial charge in [-0.2, -0.15) is 0 Å². The van der Waals surface area contributed by atoms with Crippen molar-refractivity contribution in [3.8, 4) is 5.75 Å². The lowest BCUT2D eigenvalue weighted by atomic mass is 10.1. The number of ether oxygens (including phenoxy) is 1. The average molecular weight is 308 g/mol. The Morgan fingerprint density at radius 1 is 1.45 bits per heavy atom. The van der Waals surface area contributed by atoms with E-state index in [0.717, 1.165) is 12.8 Å². The van der Waals surface area contributed by atoms with Gasteiger partial charge in [-0.25, -0.2) is 4.39 Å². The van der Waals surface area contributed by atoms with Crippen molar-refractivity contribution in [3.05, 3.63) is 30.1 Å². The molecule has 1 saturated heterocycles. The molecule has 1 aromatic carbocycles. The molecule has 0 spiro atoms.